The van der Waals surface area contributed by atoms with Crippen molar-refractivity contribution in [2.24, 2.45) is 0 Å². The molecular weight excluding hydrogens is 292 g/mol. The Balaban J connectivity index is 2.12. The number of hydrogen-bond donors (Lipinski definition) is 2. The molecule has 2 rings (SSSR count). The van der Waals surface area contributed by atoms with E-state index in [9.17, 15) is 10.1 Å². The van der Waals surface area contributed by atoms with Gasteiger partial charge in [-0.2, -0.15) is 0 Å². The van der Waals surface area contributed by atoms with Crippen molar-refractivity contribution in [1.82, 2.24) is 4.98 Å². The molecule has 0 spiro atoms. The number of thiocarbonyl (C=S) groups is 1. The van der Waals surface area contributed by atoms with Crippen molar-refractivity contribution >= 4 is 34.4 Å². The summed E-state index contributed by atoms with van der Waals surface area (Å²) >= 11 is 5.18. The zero-order valence-electron chi connectivity index (χ0n) is 11.1. The van der Waals surface area contributed by atoms with Crippen LogP contribution in [0.25, 0.3) is 0 Å². The van der Waals surface area contributed by atoms with Gasteiger partial charge in [0.05, 0.1) is 23.8 Å². The van der Waals surface area contributed by atoms with Crippen molar-refractivity contribution in [2.45, 2.75) is 0 Å². The average molecular weight is 304 g/mol. The number of pyridine rings is 1. The summed E-state index contributed by atoms with van der Waals surface area (Å²) in [6.07, 6.45) is 3.27. The number of nitrogens with zero attached hydrogens (tertiary/aromatic N) is 2. The molecule has 2 aromatic rings. The van der Waals surface area contributed by atoms with E-state index in [1.165, 1.54) is 25.3 Å². The smallest absolute Gasteiger partial charge is 0.273 e. The molecule has 0 aliphatic carbocycles. The Hall–Kier alpha value is -2.74. The van der Waals surface area contributed by atoms with Crippen LogP contribution in [-0.2, 0) is 0 Å². The van der Waals surface area contributed by atoms with E-state index in [2.05, 4.69) is 15.6 Å². The summed E-state index contributed by atoms with van der Waals surface area (Å²) in [6.45, 7) is 0. The fourth-order valence-corrected chi connectivity index (χ4v) is 1.84. The Bertz CT molecular complexity index is 664. The molecule has 7 nitrogen and oxygen atoms in total. The second-order valence-corrected chi connectivity index (χ2v) is 4.36. The summed E-state index contributed by atoms with van der Waals surface area (Å²) in [6, 6.07) is 7.77. The van der Waals surface area contributed by atoms with Gasteiger partial charge in [0.1, 0.15) is 5.75 Å². The normalized spacial score (nSPS) is 9.76. The van der Waals surface area contributed by atoms with Crippen LogP contribution in [0.2, 0.25) is 0 Å². The molecular formula is C13H12N4O3S. The monoisotopic (exact) mass is 304 g/mol. The van der Waals surface area contributed by atoms with Crippen LogP contribution in [0.1, 0.15) is 0 Å². The Morgan fingerprint density at radius 3 is 2.62 bits per heavy atom. The highest BCUT2D eigenvalue weighted by Crippen LogP contribution is 2.29. The summed E-state index contributed by atoms with van der Waals surface area (Å²) in [4.78, 5) is 14.1. The third-order valence-corrected chi connectivity index (χ3v) is 2.79. The highest BCUT2D eigenvalue weighted by Gasteiger charge is 2.12. The highest BCUT2D eigenvalue weighted by atomic mass is 32.1. The SMILES string of the molecule is COc1cc([N+](=O)[O-])ccc1NC(=S)Nc1ccncc1. The number of methoxy groups -OCH3 is 1. The number of non-ortho nitro benzene ring substituents is 1. The molecule has 0 radical (unpaired) electrons. The lowest BCUT2D eigenvalue weighted by molar-refractivity contribution is -0.384. The van der Waals surface area contributed by atoms with E-state index in [0.717, 1.165) is 5.69 Å². The van der Waals surface area contributed by atoms with Crippen LogP contribution in [-0.4, -0.2) is 22.1 Å². The van der Waals surface area contributed by atoms with E-state index >= 15 is 0 Å². The summed E-state index contributed by atoms with van der Waals surface area (Å²) in [7, 11) is 1.43. The van der Waals surface area contributed by atoms with Gasteiger partial charge in [0.15, 0.2) is 5.11 Å². The minimum atomic E-state index is -0.486. The number of aromatic nitrogens is 1. The second-order valence-electron chi connectivity index (χ2n) is 3.96. The number of hydrogen-bond acceptors (Lipinski definition) is 5. The topological polar surface area (TPSA) is 89.3 Å². The molecule has 21 heavy (non-hydrogen) atoms. The molecule has 2 N–H and O–H groups in total. The molecule has 1 heterocycles. The molecule has 0 aliphatic heterocycles. The Morgan fingerprint density at radius 1 is 1.29 bits per heavy atom. The Morgan fingerprint density at radius 2 is 2.00 bits per heavy atom. The lowest BCUT2D eigenvalue weighted by Crippen LogP contribution is -2.19. The second kappa shape index (κ2) is 6.62. The Kier molecular flexibility index (Phi) is 4.62. The van der Waals surface area contributed by atoms with Crippen LogP contribution in [0.3, 0.4) is 0 Å². The number of nitro benzene ring substituents is 1. The summed E-state index contributed by atoms with van der Waals surface area (Å²) in [5.41, 5.74) is 1.27. The fraction of sp³-hybridized carbons (Fsp3) is 0.0769. The predicted molar refractivity (Wildman–Crippen MR) is 83.7 cm³/mol. The van der Waals surface area contributed by atoms with Crippen molar-refractivity contribution in [3.63, 3.8) is 0 Å². The first-order valence-corrected chi connectivity index (χ1v) is 6.31. The molecule has 8 heteroatoms. The van der Waals surface area contributed by atoms with Gasteiger partial charge in [-0.3, -0.25) is 15.1 Å². The van der Waals surface area contributed by atoms with E-state index in [-0.39, 0.29) is 5.69 Å². The van der Waals surface area contributed by atoms with Gasteiger partial charge in [-0.15, -0.1) is 0 Å². The van der Waals surface area contributed by atoms with Crippen LogP contribution < -0.4 is 15.4 Å². The number of benzene rings is 1. The molecule has 0 fully saturated rings. The average Bonchev–Trinajstić information content (AvgIpc) is 2.48. The van der Waals surface area contributed by atoms with Crippen LogP contribution in [0, 0.1) is 10.1 Å². The zero-order valence-corrected chi connectivity index (χ0v) is 11.9. The van der Waals surface area contributed by atoms with Crippen molar-refractivity contribution < 1.29 is 9.66 Å². The van der Waals surface area contributed by atoms with Gasteiger partial charge in [0, 0.05) is 24.1 Å². The minimum Gasteiger partial charge on any atom is -0.494 e. The molecule has 0 atom stereocenters. The van der Waals surface area contributed by atoms with Crippen molar-refractivity contribution in [2.75, 3.05) is 17.7 Å². The van der Waals surface area contributed by atoms with E-state index in [4.69, 9.17) is 17.0 Å². The number of anilines is 2. The molecule has 0 aliphatic rings. The zero-order chi connectivity index (χ0) is 15.2. The van der Waals surface area contributed by atoms with Crippen LogP contribution in [0.4, 0.5) is 17.1 Å². The first-order chi connectivity index (χ1) is 10.1. The largest absolute Gasteiger partial charge is 0.494 e. The van der Waals surface area contributed by atoms with Crippen LogP contribution >= 0.6 is 12.2 Å². The standard InChI is InChI=1S/C13H12N4O3S/c1-20-12-8-10(17(18)19)2-3-11(12)16-13(21)15-9-4-6-14-7-5-9/h2-8H,1H3,(H2,14,15,16,21). The molecule has 0 saturated carbocycles. The van der Waals surface area contributed by atoms with E-state index < -0.39 is 4.92 Å². The van der Waals surface area contributed by atoms with Gasteiger partial charge in [-0.25, -0.2) is 0 Å². The third-order valence-electron chi connectivity index (χ3n) is 2.58. The van der Waals surface area contributed by atoms with Gasteiger partial charge >= 0.3 is 0 Å². The third kappa shape index (κ3) is 3.86. The van der Waals surface area contributed by atoms with E-state index in [1.807, 2.05) is 0 Å². The van der Waals surface area contributed by atoms with Crippen LogP contribution in [0.15, 0.2) is 42.7 Å². The summed E-state index contributed by atoms with van der Waals surface area (Å²) in [5.74, 6) is 0.336. The number of nitrogens with one attached hydrogen (secondary N) is 2. The number of nitro groups is 1. The molecule has 0 unspecified atom stereocenters. The fourth-order valence-electron chi connectivity index (χ4n) is 1.62. The first-order valence-electron chi connectivity index (χ1n) is 5.90. The molecule has 0 amide bonds. The van der Waals surface area contributed by atoms with Gasteiger partial charge in [0.2, 0.25) is 0 Å². The van der Waals surface area contributed by atoms with E-state index in [1.54, 1.807) is 24.5 Å². The maximum Gasteiger partial charge on any atom is 0.273 e. The van der Waals surface area contributed by atoms with Crippen molar-refractivity contribution in [3.05, 3.63) is 52.8 Å². The Labute approximate surface area is 126 Å². The van der Waals surface area contributed by atoms with Gasteiger partial charge < -0.3 is 15.4 Å². The van der Waals surface area contributed by atoms with Gasteiger partial charge in [-0.05, 0) is 30.4 Å². The predicted octanol–water partition coefficient (Wildman–Crippen LogP) is 2.81. The summed E-state index contributed by atoms with van der Waals surface area (Å²) in [5, 5.41) is 17.0. The van der Waals surface area contributed by atoms with E-state index in [0.29, 0.717) is 16.5 Å². The lowest BCUT2D eigenvalue weighted by Gasteiger charge is -2.13. The van der Waals surface area contributed by atoms with Crippen molar-refractivity contribution in [3.8, 4) is 5.75 Å². The molecule has 1 aromatic carbocycles. The van der Waals surface area contributed by atoms with Gasteiger partial charge in [-0.1, -0.05) is 0 Å². The first kappa shape index (κ1) is 14.7. The molecule has 1 aromatic heterocycles. The maximum absolute atomic E-state index is 10.7. The number of rotatable bonds is 4. The summed E-state index contributed by atoms with van der Waals surface area (Å²) < 4.78 is 5.12. The quantitative estimate of drug-likeness (QED) is 0.510. The lowest BCUT2D eigenvalue weighted by atomic mass is 10.2. The molecule has 0 bridgehead atoms. The number of ether oxygens (including phenoxy) is 1. The molecule has 0 saturated heterocycles. The minimum absolute atomic E-state index is 0.0505. The molecule has 108 valence electrons. The highest BCUT2D eigenvalue weighted by molar-refractivity contribution is 7.80. The van der Waals surface area contributed by atoms with Crippen molar-refractivity contribution in [1.29, 1.82) is 0 Å². The van der Waals surface area contributed by atoms with Gasteiger partial charge in [0.25, 0.3) is 5.69 Å². The maximum atomic E-state index is 10.7. The van der Waals surface area contributed by atoms with Crippen LogP contribution in [0.5, 0.6) is 5.75 Å².